The van der Waals surface area contributed by atoms with Gasteiger partial charge in [0.05, 0.1) is 18.2 Å². The molecule has 190 valence electrons. The summed E-state index contributed by atoms with van der Waals surface area (Å²) in [5, 5.41) is 4.57. The number of nitrogens with zero attached hydrogens (tertiary/aromatic N) is 3. The third-order valence-corrected chi connectivity index (χ3v) is 7.71. The van der Waals surface area contributed by atoms with Crippen LogP contribution < -0.4 is 15.2 Å². The minimum atomic E-state index is -0.0626. The van der Waals surface area contributed by atoms with E-state index in [2.05, 4.69) is 39.4 Å². The molecule has 0 N–H and O–H groups in total. The molecule has 0 saturated carbocycles. The maximum absolute atomic E-state index is 12.4. The molecule has 0 radical (unpaired) electrons. The van der Waals surface area contributed by atoms with Crippen LogP contribution in [0.3, 0.4) is 0 Å². The van der Waals surface area contributed by atoms with Crippen molar-refractivity contribution < 1.29 is 9.47 Å². The summed E-state index contributed by atoms with van der Waals surface area (Å²) in [4.78, 5) is 17.5. The topological polar surface area (TPSA) is 46.9 Å². The average Bonchev–Trinajstić information content (AvgIpc) is 3.37. The molecule has 5 rings (SSSR count). The lowest BCUT2D eigenvalue weighted by atomic mass is 10.2. The van der Waals surface area contributed by atoms with Crippen molar-refractivity contribution in [2.24, 2.45) is 0 Å². The van der Waals surface area contributed by atoms with Crippen molar-refractivity contribution in [3.8, 4) is 5.75 Å². The Morgan fingerprint density at radius 3 is 2.64 bits per heavy atom. The molecule has 0 atom stereocenters. The third-order valence-electron chi connectivity index (χ3n) is 6.82. The molecule has 2 aromatic carbocycles. The zero-order valence-corrected chi connectivity index (χ0v) is 22.0. The number of anilines is 1. The van der Waals surface area contributed by atoms with Gasteiger partial charge >= 0.3 is 0 Å². The Hall–Kier alpha value is -2.87. The highest BCUT2D eigenvalue weighted by Crippen LogP contribution is 2.31. The van der Waals surface area contributed by atoms with Gasteiger partial charge < -0.3 is 14.4 Å². The van der Waals surface area contributed by atoms with Gasteiger partial charge in [0.15, 0.2) is 0 Å². The molecule has 36 heavy (non-hydrogen) atoms. The fraction of sp³-hybridized carbons (Fsp3) is 0.414. The van der Waals surface area contributed by atoms with Gasteiger partial charge in [-0.15, -0.1) is 11.3 Å². The predicted molar refractivity (Wildman–Crippen MR) is 150 cm³/mol. The number of rotatable bonds is 10. The lowest BCUT2D eigenvalue weighted by molar-refractivity contribution is 0.0292. The first-order valence-corrected chi connectivity index (χ1v) is 13.8. The molecule has 6 nitrogen and oxygen atoms in total. The number of unbranched alkanes of at least 4 members (excludes halogenated alkanes) is 1. The van der Waals surface area contributed by atoms with E-state index in [0.29, 0.717) is 6.61 Å². The number of piperazine rings is 1. The second kappa shape index (κ2) is 11.5. The summed E-state index contributed by atoms with van der Waals surface area (Å²) in [6, 6.07) is 18.3. The molecule has 0 aliphatic carbocycles. The van der Waals surface area contributed by atoms with Gasteiger partial charge in [0.25, 0.3) is 5.56 Å². The number of hydrogen-bond acceptors (Lipinski definition) is 6. The smallest absolute Gasteiger partial charge is 0.252 e. The lowest BCUT2D eigenvalue weighted by Gasteiger charge is -2.36. The highest BCUT2D eigenvalue weighted by atomic mass is 32.1. The Balaban J connectivity index is 1.08. The van der Waals surface area contributed by atoms with E-state index >= 15 is 0 Å². The van der Waals surface area contributed by atoms with Crippen LogP contribution in [0.15, 0.2) is 64.8 Å². The van der Waals surface area contributed by atoms with Crippen LogP contribution >= 0.6 is 11.3 Å². The monoisotopic (exact) mass is 505 g/mol. The van der Waals surface area contributed by atoms with E-state index < -0.39 is 0 Å². The Kier molecular flexibility index (Phi) is 7.90. The first kappa shape index (κ1) is 24.8. The van der Waals surface area contributed by atoms with E-state index in [1.165, 1.54) is 15.8 Å². The molecule has 1 saturated heterocycles. The maximum atomic E-state index is 12.4. The molecule has 0 unspecified atom stereocenters. The number of ether oxygens (including phenoxy) is 2. The van der Waals surface area contributed by atoms with Gasteiger partial charge in [-0.2, -0.15) is 0 Å². The van der Waals surface area contributed by atoms with Crippen LogP contribution in [-0.4, -0.2) is 54.9 Å². The quantitative estimate of drug-likeness (QED) is 0.263. The van der Waals surface area contributed by atoms with Crippen LogP contribution in [0, 0.1) is 0 Å². The number of thiophene rings is 1. The molecule has 1 aliphatic heterocycles. The van der Waals surface area contributed by atoms with Crippen LogP contribution in [0.4, 0.5) is 5.69 Å². The van der Waals surface area contributed by atoms with E-state index in [-0.39, 0.29) is 18.4 Å². The van der Waals surface area contributed by atoms with Crippen LogP contribution in [0.5, 0.6) is 5.75 Å². The Morgan fingerprint density at radius 2 is 1.81 bits per heavy atom. The lowest BCUT2D eigenvalue weighted by Crippen LogP contribution is -2.46. The summed E-state index contributed by atoms with van der Waals surface area (Å²) in [5.74, 6) is 0.794. The number of fused-ring (bicyclic) bond motifs is 2. The van der Waals surface area contributed by atoms with Gasteiger partial charge in [0.2, 0.25) is 0 Å². The normalized spacial score (nSPS) is 14.8. The number of aromatic nitrogens is 1. The van der Waals surface area contributed by atoms with E-state index in [1.807, 2.05) is 49.4 Å². The van der Waals surface area contributed by atoms with Crippen LogP contribution in [0.25, 0.3) is 21.0 Å². The fourth-order valence-corrected chi connectivity index (χ4v) is 5.62. The first-order valence-electron chi connectivity index (χ1n) is 12.9. The minimum Gasteiger partial charge on any atom is -0.494 e. The summed E-state index contributed by atoms with van der Waals surface area (Å²) in [5.41, 5.74) is 2.16. The molecule has 1 fully saturated rings. The second-order valence-corrected chi connectivity index (χ2v) is 10.6. The van der Waals surface area contributed by atoms with E-state index in [4.69, 9.17) is 9.47 Å². The molecule has 0 amide bonds. The highest BCUT2D eigenvalue weighted by Gasteiger charge is 2.18. The van der Waals surface area contributed by atoms with Gasteiger partial charge in [-0.1, -0.05) is 6.07 Å². The van der Waals surface area contributed by atoms with Crippen molar-refractivity contribution in [3.63, 3.8) is 0 Å². The summed E-state index contributed by atoms with van der Waals surface area (Å²) in [6.45, 7) is 10.3. The molecule has 4 aromatic rings. The minimum absolute atomic E-state index is 0.0601. The summed E-state index contributed by atoms with van der Waals surface area (Å²) in [6.07, 6.45) is 2.18. The molecule has 0 spiro atoms. The third kappa shape index (κ3) is 5.75. The van der Waals surface area contributed by atoms with Crippen molar-refractivity contribution in [2.45, 2.75) is 39.5 Å². The molecular formula is C29H35N3O3S. The largest absolute Gasteiger partial charge is 0.494 e. The molecular weight excluding hydrogens is 470 g/mol. The average molecular weight is 506 g/mol. The number of hydrogen-bond donors (Lipinski definition) is 0. The SMILES string of the molecule is CC(C)OCn1c(=O)ccc2ccc(OCCCCN3CCN(c4cccc5sccc45)CC3)cc21. The molecule has 7 heteroatoms. The Labute approximate surface area is 216 Å². The van der Waals surface area contributed by atoms with E-state index in [9.17, 15) is 4.79 Å². The van der Waals surface area contributed by atoms with E-state index in [0.717, 1.165) is 62.2 Å². The standard InChI is InChI=1S/C29H35N3O3S/c1-22(2)35-21-32-27-20-24(10-8-23(27)9-11-29(32)33)34-18-4-3-13-30-14-16-31(17-15-30)26-6-5-7-28-25(26)12-19-36-28/h5-12,19-20,22H,3-4,13-18,21H2,1-2H3. The predicted octanol–water partition coefficient (Wildman–Crippen LogP) is 5.58. The maximum Gasteiger partial charge on any atom is 0.252 e. The Morgan fingerprint density at radius 1 is 0.972 bits per heavy atom. The molecule has 1 aliphatic rings. The second-order valence-electron chi connectivity index (χ2n) is 9.66. The van der Waals surface area contributed by atoms with Crippen molar-refractivity contribution >= 4 is 38.0 Å². The van der Waals surface area contributed by atoms with Crippen molar-refractivity contribution in [1.29, 1.82) is 0 Å². The highest BCUT2D eigenvalue weighted by molar-refractivity contribution is 7.17. The van der Waals surface area contributed by atoms with Crippen LogP contribution in [0.2, 0.25) is 0 Å². The van der Waals surface area contributed by atoms with Gasteiger partial charge in [0, 0.05) is 54.1 Å². The first-order chi connectivity index (χ1) is 17.6. The molecule has 3 heterocycles. The van der Waals surface area contributed by atoms with Crippen molar-refractivity contribution in [3.05, 3.63) is 70.3 Å². The van der Waals surface area contributed by atoms with Crippen molar-refractivity contribution in [1.82, 2.24) is 9.47 Å². The zero-order valence-electron chi connectivity index (χ0n) is 21.2. The van der Waals surface area contributed by atoms with Crippen LogP contribution in [0.1, 0.15) is 26.7 Å². The van der Waals surface area contributed by atoms with Gasteiger partial charge in [-0.05, 0) is 80.4 Å². The summed E-state index contributed by atoms with van der Waals surface area (Å²) < 4.78 is 14.8. The fourth-order valence-electron chi connectivity index (χ4n) is 4.81. The van der Waals surface area contributed by atoms with Gasteiger partial charge in [-0.3, -0.25) is 14.3 Å². The zero-order chi connectivity index (χ0) is 24.9. The summed E-state index contributed by atoms with van der Waals surface area (Å²) in [7, 11) is 0. The Bertz CT molecular complexity index is 1350. The number of pyridine rings is 1. The van der Waals surface area contributed by atoms with Gasteiger partial charge in [0.1, 0.15) is 12.5 Å². The van der Waals surface area contributed by atoms with E-state index in [1.54, 1.807) is 10.6 Å². The van der Waals surface area contributed by atoms with Gasteiger partial charge in [-0.25, -0.2) is 0 Å². The number of benzene rings is 2. The molecule has 0 bridgehead atoms. The molecule has 2 aromatic heterocycles. The summed E-state index contributed by atoms with van der Waals surface area (Å²) >= 11 is 1.82. The van der Waals surface area contributed by atoms with Crippen LogP contribution in [-0.2, 0) is 11.5 Å². The van der Waals surface area contributed by atoms with Crippen molar-refractivity contribution in [2.75, 3.05) is 44.2 Å².